The molecule has 0 aliphatic rings. The van der Waals surface area contributed by atoms with E-state index >= 15 is 0 Å². The molecule has 2 atom stereocenters. The molecule has 1 aromatic carbocycles. The van der Waals surface area contributed by atoms with Gasteiger partial charge in [-0.15, -0.1) is 0 Å². The maximum Gasteiger partial charge on any atom is 0.408 e. The van der Waals surface area contributed by atoms with Gasteiger partial charge < -0.3 is 24.8 Å². The first-order valence-corrected chi connectivity index (χ1v) is 10.7. The highest BCUT2D eigenvalue weighted by Gasteiger charge is 2.42. The molecule has 3 N–H and O–H groups in total. The summed E-state index contributed by atoms with van der Waals surface area (Å²) in [6, 6.07) is 8.22. The molecule has 0 saturated heterocycles. The Morgan fingerprint density at radius 1 is 1.04 bits per heavy atom. The Morgan fingerprint density at radius 3 is 1.93 bits per heavy atom. The maximum absolute atomic E-state index is 13.5. The highest BCUT2D eigenvalue weighted by atomic mass is 31.2. The third-order valence-corrected chi connectivity index (χ3v) is 5.71. The number of alkyl carbamates (subject to hydrolysis) is 1. The Morgan fingerprint density at radius 2 is 1.52 bits per heavy atom. The summed E-state index contributed by atoms with van der Waals surface area (Å²) in [4.78, 5) is 12.4. The standard InChI is InChI=1S/C19H33N2O5P/c1-13(2)25-27(23,26-14(3)4)17(20)16(15-11-9-8-10-12-15)21-18(22)24-19(5,6)7/h8-14,16-17H,20H2,1-7H3,(H,21,22)/t16-,17-/m1/s1. The van der Waals surface area contributed by atoms with E-state index in [0.29, 0.717) is 5.56 Å². The topological polar surface area (TPSA) is 99.9 Å². The van der Waals surface area contributed by atoms with Gasteiger partial charge in [-0.25, -0.2) is 4.79 Å². The van der Waals surface area contributed by atoms with E-state index in [-0.39, 0.29) is 12.2 Å². The molecule has 27 heavy (non-hydrogen) atoms. The molecule has 0 fully saturated rings. The molecule has 0 aromatic heterocycles. The molecule has 7 nitrogen and oxygen atoms in total. The van der Waals surface area contributed by atoms with Gasteiger partial charge in [-0.2, -0.15) is 0 Å². The van der Waals surface area contributed by atoms with Crippen molar-refractivity contribution in [2.24, 2.45) is 5.73 Å². The molecule has 8 heteroatoms. The van der Waals surface area contributed by atoms with Crippen molar-refractivity contribution in [3.05, 3.63) is 35.9 Å². The number of rotatable bonds is 8. The first-order chi connectivity index (χ1) is 12.3. The summed E-state index contributed by atoms with van der Waals surface area (Å²) in [6.07, 6.45) is -1.38. The van der Waals surface area contributed by atoms with Crippen molar-refractivity contribution in [1.29, 1.82) is 0 Å². The van der Waals surface area contributed by atoms with Gasteiger partial charge in [-0.05, 0) is 54.0 Å². The molecule has 0 aliphatic heterocycles. The minimum atomic E-state index is -3.74. The Balaban J connectivity index is 3.23. The van der Waals surface area contributed by atoms with Crippen LogP contribution in [0.3, 0.4) is 0 Å². The minimum Gasteiger partial charge on any atom is -0.444 e. The number of amides is 1. The number of nitrogens with two attached hydrogens (primary N) is 1. The Labute approximate surface area is 162 Å². The summed E-state index contributed by atoms with van der Waals surface area (Å²) in [5.74, 6) is -1.11. The van der Waals surface area contributed by atoms with Crippen LogP contribution in [-0.4, -0.2) is 29.7 Å². The van der Waals surface area contributed by atoms with Crippen LogP contribution in [0, 0.1) is 0 Å². The first kappa shape index (κ1) is 23.6. The lowest BCUT2D eigenvalue weighted by atomic mass is 10.1. The molecule has 0 radical (unpaired) electrons. The number of hydrogen-bond acceptors (Lipinski definition) is 6. The largest absolute Gasteiger partial charge is 0.444 e. The number of ether oxygens (including phenoxy) is 1. The van der Waals surface area contributed by atoms with Gasteiger partial charge >= 0.3 is 13.7 Å². The smallest absolute Gasteiger partial charge is 0.408 e. The zero-order valence-corrected chi connectivity index (χ0v) is 18.2. The van der Waals surface area contributed by atoms with Crippen LogP contribution in [0.2, 0.25) is 0 Å². The van der Waals surface area contributed by atoms with E-state index in [4.69, 9.17) is 19.5 Å². The number of hydrogen-bond donors (Lipinski definition) is 2. The Bertz CT molecular complexity index is 629. The van der Waals surface area contributed by atoms with Crippen molar-refractivity contribution < 1.29 is 23.1 Å². The lowest BCUT2D eigenvalue weighted by Crippen LogP contribution is -2.44. The van der Waals surface area contributed by atoms with Crippen molar-refractivity contribution in [2.45, 2.75) is 78.1 Å². The van der Waals surface area contributed by atoms with Crippen LogP contribution in [0.4, 0.5) is 4.79 Å². The monoisotopic (exact) mass is 400 g/mol. The van der Waals surface area contributed by atoms with E-state index in [9.17, 15) is 9.36 Å². The number of carbonyl (C=O) groups excluding carboxylic acids is 1. The molecule has 0 saturated carbocycles. The van der Waals surface area contributed by atoms with Gasteiger partial charge in [-0.1, -0.05) is 30.3 Å². The van der Waals surface area contributed by atoms with Gasteiger partial charge in [0, 0.05) is 0 Å². The third-order valence-electron chi connectivity index (χ3n) is 3.25. The SMILES string of the molecule is CC(C)OP(=O)(OC(C)C)[C@@H](N)[C@H](NC(=O)OC(C)(C)C)c1ccccc1. The van der Waals surface area contributed by atoms with Crippen LogP contribution in [0.1, 0.15) is 60.1 Å². The first-order valence-electron chi connectivity index (χ1n) is 9.10. The molecule has 0 unspecified atom stereocenters. The fourth-order valence-electron chi connectivity index (χ4n) is 2.40. The van der Waals surface area contributed by atoms with E-state index in [1.54, 1.807) is 60.6 Å². The second-order valence-corrected chi connectivity index (χ2v) is 9.97. The average Bonchev–Trinajstić information content (AvgIpc) is 2.49. The van der Waals surface area contributed by atoms with Crippen molar-refractivity contribution in [2.75, 3.05) is 0 Å². The molecule has 1 rings (SSSR count). The third kappa shape index (κ3) is 8.01. The molecule has 154 valence electrons. The summed E-state index contributed by atoms with van der Waals surface area (Å²) in [7, 11) is -3.74. The highest BCUT2D eigenvalue weighted by Crippen LogP contribution is 2.56. The van der Waals surface area contributed by atoms with Crippen molar-refractivity contribution in [1.82, 2.24) is 5.32 Å². The molecular weight excluding hydrogens is 367 g/mol. The van der Waals surface area contributed by atoms with E-state index in [2.05, 4.69) is 5.32 Å². The normalized spacial score (nSPS) is 14.9. The molecule has 1 aromatic rings. The molecular formula is C19H33N2O5P. The highest BCUT2D eigenvalue weighted by molar-refractivity contribution is 7.54. The number of carbonyl (C=O) groups is 1. The van der Waals surface area contributed by atoms with Crippen LogP contribution in [0.5, 0.6) is 0 Å². The summed E-state index contributed by atoms with van der Waals surface area (Å²) in [6.45, 7) is 12.3. The predicted molar refractivity (Wildman–Crippen MR) is 107 cm³/mol. The molecule has 0 heterocycles. The number of nitrogens with one attached hydrogen (secondary N) is 1. The summed E-state index contributed by atoms with van der Waals surface area (Å²) < 4.78 is 30.0. The fourth-order valence-corrected chi connectivity index (χ4v) is 4.51. The van der Waals surface area contributed by atoms with E-state index in [1.165, 1.54) is 0 Å². The summed E-state index contributed by atoms with van der Waals surface area (Å²) in [5, 5.41) is 2.72. The molecule has 0 spiro atoms. The molecule has 1 amide bonds. The van der Waals surface area contributed by atoms with E-state index in [0.717, 1.165) is 0 Å². The van der Waals surface area contributed by atoms with Gasteiger partial charge in [0.25, 0.3) is 0 Å². The second kappa shape index (κ2) is 9.69. The Kier molecular flexibility index (Phi) is 8.48. The van der Waals surface area contributed by atoms with Crippen LogP contribution < -0.4 is 11.1 Å². The lowest BCUT2D eigenvalue weighted by Gasteiger charge is -2.33. The van der Waals surface area contributed by atoms with Gasteiger partial charge in [0.2, 0.25) is 0 Å². The van der Waals surface area contributed by atoms with Crippen LogP contribution in [0.25, 0.3) is 0 Å². The van der Waals surface area contributed by atoms with Gasteiger partial charge in [-0.3, -0.25) is 4.57 Å². The predicted octanol–water partition coefficient (Wildman–Crippen LogP) is 4.58. The van der Waals surface area contributed by atoms with Crippen LogP contribution >= 0.6 is 7.60 Å². The average molecular weight is 400 g/mol. The quantitative estimate of drug-likeness (QED) is 0.620. The van der Waals surface area contributed by atoms with E-state index in [1.807, 2.05) is 18.2 Å². The second-order valence-electron chi connectivity index (χ2n) is 7.87. The Hall–Kier alpha value is -1.40. The maximum atomic E-state index is 13.5. The number of benzene rings is 1. The van der Waals surface area contributed by atoms with Gasteiger partial charge in [0.1, 0.15) is 11.4 Å². The zero-order valence-electron chi connectivity index (χ0n) is 17.3. The van der Waals surface area contributed by atoms with Crippen molar-refractivity contribution >= 4 is 13.7 Å². The zero-order chi connectivity index (χ0) is 20.8. The summed E-state index contributed by atoms with van der Waals surface area (Å²) >= 11 is 0. The minimum absolute atomic E-state index is 0.362. The van der Waals surface area contributed by atoms with Crippen LogP contribution in [0.15, 0.2) is 30.3 Å². The fraction of sp³-hybridized carbons (Fsp3) is 0.632. The van der Waals surface area contributed by atoms with Crippen LogP contribution in [-0.2, 0) is 18.3 Å². The van der Waals surface area contributed by atoms with E-state index < -0.39 is 31.1 Å². The molecule has 0 aliphatic carbocycles. The molecule has 0 bridgehead atoms. The lowest BCUT2D eigenvalue weighted by molar-refractivity contribution is 0.0497. The van der Waals surface area contributed by atoms with Gasteiger partial charge in [0.05, 0.1) is 18.2 Å². The van der Waals surface area contributed by atoms with Gasteiger partial charge in [0.15, 0.2) is 0 Å². The van der Waals surface area contributed by atoms with Crippen molar-refractivity contribution in [3.63, 3.8) is 0 Å². The van der Waals surface area contributed by atoms with Crippen molar-refractivity contribution in [3.8, 4) is 0 Å². The summed E-state index contributed by atoms with van der Waals surface area (Å²) in [5.41, 5.74) is 6.35.